The summed E-state index contributed by atoms with van der Waals surface area (Å²) in [5.74, 6) is -0.00907. The lowest BCUT2D eigenvalue weighted by Crippen LogP contribution is -2.40. The minimum atomic E-state index is -1.07. The van der Waals surface area contributed by atoms with Gasteiger partial charge in [-0.2, -0.15) is 0 Å². The van der Waals surface area contributed by atoms with Crippen molar-refractivity contribution in [3.63, 3.8) is 0 Å². The van der Waals surface area contributed by atoms with Crippen LogP contribution in [-0.4, -0.2) is 37.0 Å². The van der Waals surface area contributed by atoms with Gasteiger partial charge in [-0.1, -0.05) is 0 Å². The molecule has 0 saturated carbocycles. The molecule has 7 heteroatoms. The van der Waals surface area contributed by atoms with Crippen molar-refractivity contribution < 1.29 is 14.6 Å². The van der Waals surface area contributed by atoms with Crippen LogP contribution in [0, 0.1) is 11.4 Å². The fourth-order valence-electron chi connectivity index (χ4n) is 1.24. The number of nitrogens with zero attached hydrogens (tertiary/aromatic N) is 2. The van der Waals surface area contributed by atoms with Crippen LogP contribution in [0.5, 0.6) is 0 Å². The molecule has 2 unspecified atom stereocenters. The number of hydrogen-bond acceptors (Lipinski definition) is 4. The van der Waals surface area contributed by atoms with Crippen LogP contribution in [-0.2, 0) is 4.74 Å². The molecule has 0 aromatic heterocycles. The maximum Gasteiger partial charge on any atom is 0.404 e. The van der Waals surface area contributed by atoms with Gasteiger partial charge in [0.25, 0.3) is 0 Å². The Balaban J connectivity index is 2.43. The second kappa shape index (κ2) is 4.54. The first-order chi connectivity index (χ1) is 6.24. The number of ether oxygens (including phenoxy) is 1. The summed E-state index contributed by atoms with van der Waals surface area (Å²) in [5.41, 5.74) is 6.45. The summed E-state index contributed by atoms with van der Waals surface area (Å²) in [7, 11) is 0. The number of carbonyl (C=O) groups is 1. The van der Waals surface area contributed by atoms with E-state index in [1.165, 1.54) is 0 Å². The van der Waals surface area contributed by atoms with Crippen LogP contribution in [0.2, 0.25) is 0 Å². The molecule has 2 atom stereocenters. The highest BCUT2D eigenvalue weighted by atomic mass is 16.5. The van der Waals surface area contributed by atoms with Crippen molar-refractivity contribution in [1.82, 2.24) is 10.2 Å². The van der Waals surface area contributed by atoms with Crippen molar-refractivity contribution >= 4 is 6.09 Å². The van der Waals surface area contributed by atoms with Gasteiger partial charge in [0.15, 0.2) is 0 Å². The Kier molecular flexibility index (Phi) is 3.36. The second-order valence-electron chi connectivity index (χ2n) is 2.78. The highest BCUT2D eigenvalue weighted by molar-refractivity contribution is 5.64. The molecule has 1 rings (SSSR count). The Morgan fingerprint density at radius 2 is 2.54 bits per heavy atom. The number of nitrogens with one attached hydrogen (secondary N) is 2. The van der Waals surface area contributed by atoms with E-state index < -0.39 is 6.09 Å². The molecule has 0 aliphatic carbocycles. The molecule has 1 fully saturated rings. The highest BCUT2D eigenvalue weighted by Gasteiger charge is 2.30. The SMILES string of the molecule is N=[N+]=NCC1COCC1NC(=O)O. The van der Waals surface area contributed by atoms with Gasteiger partial charge in [-0.05, 0) is 0 Å². The maximum atomic E-state index is 10.3. The molecule has 0 radical (unpaired) electrons. The monoisotopic (exact) mass is 187 g/mol. The predicted molar refractivity (Wildman–Crippen MR) is 41.4 cm³/mol. The summed E-state index contributed by atoms with van der Waals surface area (Å²) in [4.78, 5) is 13.2. The largest absolute Gasteiger partial charge is 0.465 e. The average Bonchev–Trinajstić information content (AvgIpc) is 2.48. The number of rotatable bonds is 3. The molecule has 13 heavy (non-hydrogen) atoms. The molecule has 1 aliphatic rings. The van der Waals surface area contributed by atoms with Crippen LogP contribution >= 0.6 is 0 Å². The summed E-state index contributed by atoms with van der Waals surface area (Å²) in [5, 5.41) is 14.3. The minimum absolute atomic E-state index is 0.00907. The smallest absolute Gasteiger partial charge is 0.404 e. The standard InChI is InChI=1S/C6H10N4O3/c7-10-8-1-4-2-13-3-5(4)9-6(11)12/h4-5,7,9H,1-3H2/p+1. The van der Waals surface area contributed by atoms with E-state index in [4.69, 9.17) is 15.4 Å². The van der Waals surface area contributed by atoms with Gasteiger partial charge >= 0.3 is 6.09 Å². The Labute approximate surface area is 74.3 Å². The van der Waals surface area contributed by atoms with Gasteiger partial charge in [0.1, 0.15) is 17.2 Å². The van der Waals surface area contributed by atoms with Gasteiger partial charge in [0.05, 0.1) is 19.3 Å². The molecule has 0 aromatic carbocycles. The molecule has 0 spiro atoms. The summed E-state index contributed by atoms with van der Waals surface area (Å²) in [6.07, 6.45) is -1.07. The summed E-state index contributed by atoms with van der Waals surface area (Å²) < 4.78 is 5.08. The quantitative estimate of drug-likeness (QED) is 0.421. The van der Waals surface area contributed by atoms with E-state index >= 15 is 0 Å². The molecule has 1 aliphatic heterocycles. The van der Waals surface area contributed by atoms with E-state index in [9.17, 15) is 4.79 Å². The van der Waals surface area contributed by atoms with Gasteiger partial charge in [0, 0.05) is 5.92 Å². The van der Waals surface area contributed by atoms with E-state index in [-0.39, 0.29) is 12.0 Å². The number of carboxylic acid groups (broad SMARTS) is 1. The molecule has 1 amide bonds. The Bertz CT molecular complexity index is 228. The molecule has 72 valence electrons. The first kappa shape index (κ1) is 9.63. The van der Waals surface area contributed by atoms with E-state index in [1.54, 1.807) is 0 Å². The summed E-state index contributed by atoms with van der Waals surface area (Å²) in [6, 6.07) is -0.233. The fraction of sp³-hybridized carbons (Fsp3) is 0.833. The molecular weight excluding hydrogens is 176 g/mol. The Morgan fingerprint density at radius 3 is 3.15 bits per heavy atom. The number of amides is 1. The average molecular weight is 187 g/mol. The van der Waals surface area contributed by atoms with Gasteiger partial charge in [-0.3, -0.25) is 0 Å². The highest BCUT2D eigenvalue weighted by Crippen LogP contribution is 2.13. The van der Waals surface area contributed by atoms with Gasteiger partial charge < -0.3 is 15.2 Å². The third-order valence-electron chi connectivity index (χ3n) is 1.89. The topological polar surface area (TPSA) is 109 Å². The third kappa shape index (κ3) is 2.81. The summed E-state index contributed by atoms with van der Waals surface area (Å²) in [6.45, 7) is 1.16. The van der Waals surface area contributed by atoms with Gasteiger partial charge in [-0.15, -0.1) is 0 Å². The molecule has 1 saturated heterocycles. The molecular formula is C6H11N4O3+. The van der Waals surface area contributed by atoms with E-state index in [1.807, 2.05) is 0 Å². The van der Waals surface area contributed by atoms with Crippen molar-refractivity contribution in [3.05, 3.63) is 0 Å². The Morgan fingerprint density at radius 1 is 1.77 bits per heavy atom. The van der Waals surface area contributed by atoms with Crippen LogP contribution in [0.15, 0.2) is 5.11 Å². The molecule has 0 bridgehead atoms. The molecule has 1 heterocycles. The zero-order valence-electron chi connectivity index (χ0n) is 6.93. The Hall–Kier alpha value is -1.46. The predicted octanol–water partition coefficient (Wildman–Crippen LogP) is -0.181. The molecule has 7 nitrogen and oxygen atoms in total. The van der Waals surface area contributed by atoms with Crippen LogP contribution in [0.3, 0.4) is 0 Å². The zero-order chi connectivity index (χ0) is 9.68. The van der Waals surface area contributed by atoms with Crippen LogP contribution in [0.1, 0.15) is 0 Å². The normalized spacial score (nSPS) is 26.5. The summed E-state index contributed by atoms with van der Waals surface area (Å²) >= 11 is 0. The van der Waals surface area contributed by atoms with E-state index in [2.05, 4.69) is 15.3 Å². The van der Waals surface area contributed by atoms with Crippen molar-refractivity contribution in [2.75, 3.05) is 19.8 Å². The number of hydrogen-bond donors (Lipinski definition) is 3. The fourth-order valence-corrected chi connectivity index (χ4v) is 1.24. The lowest BCUT2D eigenvalue weighted by Gasteiger charge is -2.12. The van der Waals surface area contributed by atoms with Crippen molar-refractivity contribution in [3.8, 4) is 0 Å². The van der Waals surface area contributed by atoms with E-state index in [0.717, 1.165) is 0 Å². The van der Waals surface area contributed by atoms with Crippen molar-refractivity contribution in [1.29, 1.82) is 5.53 Å². The van der Waals surface area contributed by atoms with Crippen molar-refractivity contribution in [2.45, 2.75) is 6.04 Å². The minimum Gasteiger partial charge on any atom is -0.465 e. The van der Waals surface area contributed by atoms with E-state index in [0.29, 0.717) is 19.8 Å². The lowest BCUT2D eigenvalue weighted by atomic mass is 10.0. The molecule has 0 aromatic rings. The van der Waals surface area contributed by atoms with Gasteiger partial charge in [-0.25, -0.2) is 4.79 Å². The third-order valence-corrected chi connectivity index (χ3v) is 1.89. The second-order valence-corrected chi connectivity index (χ2v) is 2.78. The first-order valence-electron chi connectivity index (χ1n) is 3.84. The lowest BCUT2D eigenvalue weighted by molar-refractivity contribution is 0.174. The van der Waals surface area contributed by atoms with Gasteiger partial charge in [0.2, 0.25) is 4.91 Å². The van der Waals surface area contributed by atoms with Crippen LogP contribution < -0.4 is 10.2 Å². The van der Waals surface area contributed by atoms with Crippen molar-refractivity contribution in [2.24, 2.45) is 11.0 Å². The van der Waals surface area contributed by atoms with Crippen LogP contribution in [0.4, 0.5) is 4.79 Å². The first-order valence-corrected chi connectivity index (χ1v) is 3.84. The zero-order valence-corrected chi connectivity index (χ0v) is 6.93. The maximum absolute atomic E-state index is 10.3. The molecule has 3 N–H and O–H groups in total. The van der Waals surface area contributed by atoms with Crippen LogP contribution in [0.25, 0.3) is 0 Å².